The molecule has 0 unspecified atom stereocenters. The van der Waals surface area contributed by atoms with Crippen molar-refractivity contribution >= 4 is 22.5 Å². The van der Waals surface area contributed by atoms with Gasteiger partial charge in [-0.25, -0.2) is 8.78 Å². The molecule has 0 fully saturated rings. The van der Waals surface area contributed by atoms with E-state index in [9.17, 15) is 18.4 Å². The molecule has 0 spiro atoms. The van der Waals surface area contributed by atoms with Crippen LogP contribution < -0.4 is 15.5 Å². The van der Waals surface area contributed by atoms with Crippen LogP contribution in [0.2, 0.25) is 0 Å². The highest BCUT2D eigenvalue weighted by molar-refractivity contribution is 6.05. The van der Waals surface area contributed by atoms with E-state index < -0.39 is 28.4 Å². The lowest BCUT2D eigenvalue weighted by molar-refractivity contribution is 0.102. The second-order valence-corrected chi connectivity index (χ2v) is 6.92. The Bertz CT molecular complexity index is 1320. The van der Waals surface area contributed by atoms with E-state index in [1.54, 1.807) is 61.7 Å². The zero-order valence-corrected chi connectivity index (χ0v) is 16.6. The van der Waals surface area contributed by atoms with Crippen molar-refractivity contribution in [2.75, 3.05) is 12.4 Å². The summed E-state index contributed by atoms with van der Waals surface area (Å²) in [6.45, 7) is 0.118. The standard InChI is InChI=1S/C24H18F2N2O3/c1-31-17-9-7-15(8-10-17)13-28-14-18(24(30)27-16-5-3-2-4-6-16)23(29)21-19(25)11-12-20(26)22(21)28/h2-12,14H,13H2,1H3,(H,27,30). The second-order valence-electron chi connectivity index (χ2n) is 6.92. The van der Waals surface area contributed by atoms with Gasteiger partial charge in [0.05, 0.1) is 18.0 Å². The van der Waals surface area contributed by atoms with Crippen LogP contribution in [0.1, 0.15) is 15.9 Å². The number of ether oxygens (including phenoxy) is 1. The molecular formula is C24H18F2N2O3. The summed E-state index contributed by atoms with van der Waals surface area (Å²) in [5.74, 6) is -1.70. The summed E-state index contributed by atoms with van der Waals surface area (Å²) in [7, 11) is 1.54. The first-order valence-corrected chi connectivity index (χ1v) is 9.48. The van der Waals surface area contributed by atoms with Gasteiger partial charge in [-0.15, -0.1) is 0 Å². The summed E-state index contributed by atoms with van der Waals surface area (Å²) in [6.07, 6.45) is 1.26. The first-order chi connectivity index (χ1) is 15.0. The monoisotopic (exact) mass is 420 g/mol. The number of nitrogens with zero attached hydrogens (tertiary/aromatic N) is 1. The van der Waals surface area contributed by atoms with Gasteiger partial charge in [-0.05, 0) is 42.0 Å². The molecule has 0 saturated carbocycles. The summed E-state index contributed by atoms with van der Waals surface area (Å²) < 4.78 is 35.8. The SMILES string of the molecule is COc1ccc(Cn2cc(C(=O)Nc3ccccc3)c(=O)c3c(F)ccc(F)c32)cc1. The molecule has 3 aromatic carbocycles. The van der Waals surface area contributed by atoms with Crippen molar-refractivity contribution in [2.45, 2.75) is 6.54 Å². The largest absolute Gasteiger partial charge is 0.497 e. The molecule has 5 nitrogen and oxygen atoms in total. The maximum atomic E-state index is 14.7. The van der Waals surface area contributed by atoms with Crippen LogP contribution in [-0.2, 0) is 6.54 Å². The van der Waals surface area contributed by atoms with E-state index in [-0.39, 0.29) is 17.6 Å². The molecule has 1 amide bonds. The number of halogens is 2. The van der Waals surface area contributed by atoms with Gasteiger partial charge in [0.1, 0.15) is 22.9 Å². The number of hydrogen-bond acceptors (Lipinski definition) is 3. The molecule has 4 rings (SSSR count). The Morgan fingerprint density at radius 2 is 1.65 bits per heavy atom. The van der Waals surface area contributed by atoms with E-state index in [1.807, 2.05) is 0 Å². The minimum absolute atomic E-state index is 0.118. The third-order valence-electron chi connectivity index (χ3n) is 4.91. The average molecular weight is 420 g/mol. The van der Waals surface area contributed by atoms with Gasteiger partial charge in [0.2, 0.25) is 5.43 Å². The van der Waals surface area contributed by atoms with Crippen LogP contribution in [0.15, 0.2) is 77.7 Å². The number of nitrogens with one attached hydrogen (secondary N) is 1. The second kappa shape index (κ2) is 8.39. The minimum Gasteiger partial charge on any atom is -0.497 e. The zero-order chi connectivity index (χ0) is 22.0. The number of amides is 1. The van der Waals surface area contributed by atoms with Crippen molar-refractivity contribution in [3.8, 4) is 5.75 Å². The molecule has 7 heteroatoms. The van der Waals surface area contributed by atoms with Crippen molar-refractivity contribution in [1.82, 2.24) is 4.57 Å². The number of benzene rings is 3. The molecule has 0 aliphatic carbocycles. The average Bonchev–Trinajstić information content (AvgIpc) is 2.78. The van der Waals surface area contributed by atoms with Gasteiger partial charge in [0.25, 0.3) is 5.91 Å². The van der Waals surface area contributed by atoms with Gasteiger partial charge in [-0.2, -0.15) is 0 Å². The number of methoxy groups -OCH3 is 1. The highest BCUT2D eigenvalue weighted by Crippen LogP contribution is 2.22. The molecule has 0 aliphatic heterocycles. The van der Waals surface area contributed by atoms with Crippen LogP contribution in [-0.4, -0.2) is 17.6 Å². The highest BCUT2D eigenvalue weighted by atomic mass is 19.1. The number of pyridine rings is 1. The molecule has 4 aromatic rings. The number of hydrogen-bond donors (Lipinski definition) is 1. The normalized spacial score (nSPS) is 10.8. The topological polar surface area (TPSA) is 60.3 Å². The Labute approximate surface area is 176 Å². The van der Waals surface area contributed by atoms with Crippen LogP contribution in [0.25, 0.3) is 10.9 Å². The maximum Gasteiger partial charge on any atom is 0.261 e. The fourth-order valence-electron chi connectivity index (χ4n) is 3.39. The number of rotatable bonds is 5. The van der Waals surface area contributed by atoms with Crippen molar-refractivity contribution in [2.24, 2.45) is 0 Å². The maximum absolute atomic E-state index is 14.7. The minimum atomic E-state index is -0.890. The smallest absolute Gasteiger partial charge is 0.261 e. The van der Waals surface area contributed by atoms with Gasteiger partial charge in [-0.1, -0.05) is 30.3 Å². The molecule has 0 bridgehead atoms. The van der Waals surface area contributed by atoms with Crippen LogP contribution >= 0.6 is 0 Å². The summed E-state index contributed by atoms with van der Waals surface area (Å²) in [5, 5.41) is 2.16. The third kappa shape index (κ3) is 4.02. The van der Waals surface area contributed by atoms with Crippen LogP contribution in [0.3, 0.4) is 0 Å². The molecule has 0 radical (unpaired) electrons. The third-order valence-corrected chi connectivity index (χ3v) is 4.91. The van der Waals surface area contributed by atoms with E-state index in [2.05, 4.69) is 5.32 Å². The molecule has 1 aromatic heterocycles. The van der Waals surface area contributed by atoms with Gasteiger partial charge in [-0.3, -0.25) is 9.59 Å². The van der Waals surface area contributed by atoms with Gasteiger partial charge in [0, 0.05) is 18.4 Å². The van der Waals surface area contributed by atoms with E-state index >= 15 is 0 Å². The van der Waals surface area contributed by atoms with Crippen molar-refractivity contribution in [1.29, 1.82) is 0 Å². The van der Waals surface area contributed by atoms with Crippen molar-refractivity contribution in [3.63, 3.8) is 0 Å². The number of para-hydroxylation sites is 1. The number of carbonyl (C=O) groups excluding carboxylic acids is 1. The number of anilines is 1. The summed E-state index contributed by atoms with van der Waals surface area (Å²) in [4.78, 5) is 25.7. The van der Waals surface area contributed by atoms with Crippen LogP contribution in [0.5, 0.6) is 5.75 Å². The van der Waals surface area contributed by atoms with Gasteiger partial charge < -0.3 is 14.6 Å². The quantitative estimate of drug-likeness (QED) is 0.514. The van der Waals surface area contributed by atoms with Gasteiger partial charge >= 0.3 is 0 Å². The Hall–Kier alpha value is -4.00. The molecule has 1 heterocycles. The lowest BCUT2D eigenvalue weighted by atomic mass is 10.1. The molecule has 31 heavy (non-hydrogen) atoms. The molecule has 1 N–H and O–H groups in total. The Morgan fingerprint density at radius 1 is 0.968 bits per heavy atom. The van der Waals surface area contributed by atoms with Gasteiger partial charge in [0.15, 0.2) is 0 Å². The fraction of sp³-hybridized carbons (Fsp3) is 0.0833. The number of aromatic nitrogens is 1. The predicted octanol–water partition coefficient (Wildman–Crippen LogP) is 4.59. The zero-order valence-electron chi connectivity index (χ0n) is 16.6. The van der Waals surface area contributed by atoms with Crippen LogP contribution in [0.4, 0.5) is 14.5 Å². The number of fused-ring (bicyclic) bond motifs is 1. The lowest BCUT2D eigenvalue weighted by Crippen LogP contribution is -2.25. The van der Waals surface area contributed by atoms with E-state index in [4.69, 9.17) is 4.74 Å². The molecule has 0 atom stereocenters. The predicted molar refractivity (Wildman–Crippen MR) is 115 cm³/mol. The Kier molecular flexibility index (Phi) is 5.49. The van der Waals surface area contributed by atoms with Crippen molar-refractivity contribution in [3.05, 3.63) is 106 Å². The number of carbonyl (C=O) groups is 1. The van der Waals surface area contributed by atoms with E-state index in [0.717, 1.165) is 17.7 Å². The summed E-state index contributed by atoms with van der Waals surface area (Å²) in [5.41, 5.74) is -0.116. The first kappa shape index (κ1) is 20.3. The lowest BCUT2D eigenvalue weighted by Gasteiger charge is -2.15. The molecular weight excluding hydrogens is 402 g/mol. The Morgan fingerprint density at radius 3 is 2.32 bits per heavy atom. The van der Waals surface area contributed by atoms with E-state index in [1.165, 1.54) is 10.8 Å². The molecule has 0 aliphatic rings. The van der Waals surface area contributed by atoms with Crippen LogP contribution in [0, 0.1) is 11.6 Å². The summed E-state index contributed by atoms with van der Waals surface area (Å²) in [6, 6.07) is 17.4. The Balaban J connectivity index is 1.85. The summed E-state index contributed by atoms with van der Waals surface area (Å²) >= 11 is 0. The van der Waals surface area contributed by atoms with E-state index in [0.29, 0.717) is 11.4 Å². The molecule has 0 saturated heterocycles. The highest BCUT2D eigenvalue weighted by Gasteiger charge is 2.20. The van der Waals surface area contributed by atoms with Crippen molar-refractivity contribution < 1.29 is 18.3 Å². The first-order valence-electron chi connectivity index (χ1n) is 9.48. The molecule has 156 valence electrons. The fourth-order valence-corrected chi connectivity index (χ4v) is 3.39.